The number of imidazole rings is 1. The van der Waals surface area contributed by atoms with Crippen molar-refractivity contribution in [3.8, 4) is 11.1 Å². The lowest BCUT2D eigenvalue weighted by Crippen LogP contribution is -2.41. The van der Waals surface area contributed by atoms with E-state index in [0.29, 0.717) is 18.1 Å². The second-order valence-corrected chi connectivity index (χ2v) is 13.6. The van der Waals surface area contributed by atoms with Gasteiger partial charge >= 0.3 is 6.09 Å². The fourth-order valence-electron chi connectivity index (χ4n) is 6.46. The number of amides is 3. The lowest BCUT2D eigenvalue weighted by atomic mass is 9.99. The van der Waals surface area contributed by atoms with Crippen molar-refractivity contribution in [2.45, 2.75) is 63.7 Å². The number of aliphatic hydroxyl groups excluding tert-OH is 1. The molecular weight excluding hydrogens is 719 g/mol. The molecule has 4 aromatic carbocycles. The Balaban J connectivity index is 1.01. The highest BCUT2D eigenvalue weighted by Crippen LogP contribution is 2.39. The zero-order valence-corrected chi connectivity index (χ0v) is 30.0. The van der Waals surface area contributed by atoms with Crippen LogP contribution in [0, 0.1) is 0 Å². The standard InChI is InChI=1S/C40H36Cl2N4O7/c41-36-37(42)45(24-43-36)21-32-18-34(29-11-9-25(22-47)10-12-29)53-39(52-32)30-15-13-28(14-16-30)31-8-4-7-27(17-31)20-46-35(48)19-33(38(46)49)44-40(50)51-23-26-5-2-1-3-6-26/h1-17,24,32-34,39,47H,18-23H2,(H,44,50). The summed E-state index contributed by atoms with van der Waals surface area (Å²) < 4.78 is 19.9. The van der Waals surface area contributed by atoms with Crippen LogP contribution in [0.15, 0.2) is 109 Å². The molecule has 2 aliphatic heterocycles. The van der Waals surface area contributed by atoms with Crippen molar-refractivity contribution in [2.75, 3.05) is 0 Å². The number of aliphatic hydroxyl groups is 1. The van der Waals surface area contributed by atoms with Gasteiger partial charge in [0.15, 0.2) is 11.4 Å². The summed E-state index contributed by atoms with van der Waals surface area (Å²) in [6, 6.07) is 31.3. The van der Waals surface area contributed by atoms with E-state index in [-0.39, 0.29) is 49.4 Å². The predicted molar refractivity (Wildman–Crippen MR) is 196 cm³/mol. The molecule has 2 N–H and O–H groups in total. The van der Waals surface area contributed by atoms with E-state index in [2.05, 4.69) is 10.3 Å². The van der Waals surface area contributed by atoms with E-state index in [1.54, 1.807) is 10.9 Å². The summed E-state index contributed by atoms with van der Waals surface area (Å²) in [5.74, 6) is -0.849. The number of ether oxygens (including phenoxy) is 3. The molecule has 0 saturated carbocycles. The maximum absolute atomic E-state index is 13.1. The molecule has 2 fully saturated rings. The third-order valence-electron chi connectivity index (χ3n) is 9.28. The first-order chi connectivity index (χ1) is 25.7. The second kappa shape index (κ2) is 16.3. The monoisotopic (exact) mass is 754 g/mol. The van der Waals surface area contributed by atoms with Crippen molar-refractivity contribution in [3.05, 3.63) is 148 Å². The summed E-state index contributed by atoms with van der Waals surface area (Å²) >= 11 is 12.5. The van der Waals surface area contributed by atoms with Gasteiger partial charge in [-0.05, 0) is 39.4 Å². The van der Waals surface area contributed by atoms with Crippen LogP contribution in [0.2, 0.25) is 10.3 Å². The maximum Gasteiger partial charge on any atom is 0.408 e. The molecule has 7 rings (SSSR count). The summed E-state index contributed by atoms with van der Waals surface area (Å²) in [4.78, 5) is 43.6. The van der Waals surface area contributed by atoms with E-state index >= 15 is 0 Å². The van der Waals surface area contributed by atoms with Crippen LogP contribution in [0.3, 0.4) is 0 Å². The van der Waals surface area contributed by atoms with Gasteiger partial charge in [0.05, 0.1) is 44.7 Å². The fourth-order valence-corrected chi connectivity index (χ4v) is 6.77. The van der Waals surface area contributed by atoms with Gasteiger partial charge in [0, 0.05) is 12.0 Å². The molecule has 53 heavy (non-hydrogen) atoms. The summed E-state index contributed by atoms with van der Waals surface area (Å²) in [5, 5.41) is 12.6. The van der Waals surface area contributed by atoms with E-state index in [1.807, 2.05) is 103 Å². The van der Waals surface area contributed by atoms with E-state index < -0.39 is 24.3 Å². The number of nitrogens with one attached hydrogen (secondary N) is 1. The van der Waals surface area contributed by atoms with Gasteiger partial charge in [0.2, 0.25) is 5.91 Å². The highest BCUT2D eigenvalue weighted by atomic mass is 35.5. The Morgan fingerprint density at radius 2 is 1.60 bits per heavy atom. The van der Waals surface area contributed by atoms with E-state index in [1.165, 1.54) is 0 Å². The number of nitrogens with zero attached hydrogens (tertiary/aromatic N) is 3. The number of hydrogen-bond donors (Lipinski definition) is 2. The summed E-state index contributed by atoms with van der Waals surface area (Å²) in [5.41, 5.74) is 5.97. The van der Waals surface area contributed by atoms with Crippen molar-refractivity contribution in [3.63, 3.8) is 0 Å². The predicted octanol–water partition coefficient (Wildman–Crippen LogP) is 7.15. The molecule has 2 saturated heterocycles. The summed E-state index contributed by atoms with van der Waals surface area (Å²) in [7, 11) is 0. The number of halogens is 2. The number of carbonyl (C=O) groups is 3. The van der Waals surface area contributed by atoms with Gasteiger partial charge in [0.1, 0.15) is 17.8 Å². The SMILES string of the molecule is O=C(NC1CC(=O)N(Cc2cccc(-c3ccc(C4OC(Cn5cnc(Cl)c5Cl)CC(c5ccc(CO)cc5)O4)cc3)c2)C1=O)OCc1ccccc1. The Morgan fingerprint density at radius 3 is 2.32 bits per heavy atom. The van der Waals surface area contributed by atoms with Gasteiger partial charge in [0.25, 0.3) is 5.91 Å². The molecule has 3 amide bonds. The Bertz CT molecular complexity index is 2080. The molecule has 13 heteroatoms. The fraction of sp³-hybridized carbons (Fsp3) is 0.250. The van der Waals surface area contributed by atoms with Crippen LogP contribution in [0.5, 0.6) is 0 Å². The van der Waals surface area contributed by atoms with Crippen molar-refractivity contribution in [1.29, 1.82) is 0 Å². The molecule has 4 unspecified atom stereocenters. The quantitative estimate of drug-likeness (QED) is 0.136. The number of rotatable bonds is 11. The van der Waals surface area contributed by atoms with Gasteiger partial charge in [-0.25, -0.2) is 9.78 Å². The molecule has 2 aliphatic rings. The van der Waals surface area contributed by atoms with Crippen molar-refractivity contribution >= 4 is 41.1 Å². The van der Waals surface area contributed by atoms with E-state index in [0.717, 1.165) is 43.8 Å². The van der Waals surface area contributed by atoms with Crippen LogP contribution < -0.4 is 5.32 Å². The molecule has 4 atom stereocenters. The molecule has 272 valence electrons. The molecule has 0 spiro atoms. The molecule has 11 nitrogen and oxygen atoms in total. The molecule has 5 aromatic rings. The zero-order chi connectivity index (χ0) is 36.9. The van der Waals surface area contributed by atoms with Crippen LogP contribution >= 0.6 is 23.2 Å². The largest absolute Gasteiger partial charge is 0.445 e. The lowest BCUT2D eigenvalue weighted by molar-refractivity contribution is -0.252. The minimum absolute atomic E-state index is 0.0460. The second-order valence-electron chi connectivity index (χ2n) is 12.9. The number of alkyl carbamates (subject to hydrolysis) is 1. The van der Waals surface area contributed by atoms with Crippen LogP contribution in [-0.4, -0.2) is 49.6 Å². The van der Waals surface area contributed by atoms with Crippen LogP contribution in [0.1, 0.15) is 53.1 Å². The normalized spacial score (nSPS) is 20.1. The zero-order valence-electron chi connectivity index (χ0n) is 28.4. The van der Waals surface area contributed by atoms with Crippen LogP contribution in [-0.2, 0) is 50.1 Å². The number of aromatic nitrogens is 2. The lowest BCUT2D eigenvalue weighted by Gasteiger charge is -2.36. The van der Waals surface area contributed by atoms with Crippen molar-refractivity contribution in [2.24, 2.45) is 0 Å². The Kier molecular flexibility index (Phi) is 11.2. The van der Waals surface area contributed by atoms with Gasteiger partial charge < -0.3 is 29.2 Å². The minimum atomic E-state index is -0.987. The Morgan fingerprint density at radius 1 is 0.868 bits per heavy atom. The summed E-state index contributed by atoms with van der Waals surface area (Å²) in [6.07, 6.45) is 0.00703. The van der Waals surface area contributed by atoms with Gasteiger partial charge in [-0.15, -0.1) is 0 Å². The van der Waals surface area contributed by atoms with E-state index in [9.17, 15) is 19.5 Å². The number of carbonyl (C=O) groups excluding carboxylic acids is 3. The molecule has 0 aliphatic carbocycles. The van der Waals surface area contributed by atoms with Crippen LogP contribution in [0.25, 0.3) is 11.1 Å². The van der Waals surface area contributed by atoms with Gasteiger partial charge in [-0.1, -0.05) is 120 Å². The third-order valence-corrected chi connectivity index (χ3v) is 10.1. The molecule has 1 aromatic heterocycles. The highest BCUT2D eigenvalue weighted by molar-refractivity contribution is 6.40. The first kappa shape index (κ1) is 36.3. The van der Waals surface area contributed by atoms with Gasteiger partial charge in [-0.3, -0.25) is 14.5 Å². The number of hydrogen-bond acceptors (Lipinski definition) is 8. The highest BCUT2D eigenvalue weighted by Gasteiger charge is 2.40. The first-order valence-corrected chi connectivity index (χ1v) is 17.9. The van der Waals surface area contributed by atoms with E-state index in [4.69, 9.17) is 37.4 Å². The number of imide groups is 1. The van der Waals surface area contributed by atoms with Crippen molar-refractivity contribution in [1.82, 2.24) is 19.8 Å². The number of likely N-dealkylation sites (tertiary alicyclic amines) is 1. The third kappa shape index (κ3) is 8.62. The molecule has 0 radical (unpaired) electrons. The van der Waals surface area contributed by atoms with Gasteiger partial charge in [-0.2, -0.15) is 0 Å². The van der Waals surface area contributed by atoms with Crippen molar-refractivity contribution < 1.29 is 33.7 Å². The molecule has 3 heterocycles. The average molecular weight is 756 g/mol. The molecular formula is C40H36Cl2N4O7. The smallest absolute Gasteiger partial charge is 0.408 e. The van der Waals surface area contributed by atoms with Crippen LogP contribution in [0.4, 0.5) is 4.79 Å². The summed E-state index contributed by atoms with van der Waals surface area (Å²) in [6.45, 7) is 0.499. The topological polar surface area (TPSA) is 132 Å². The number of benzene rings is 4. The maximum atomic E-state index is 13.1. The molecule has 0 bridgehead atoms. The Hall–Kier alpha value is -5.04. The minimum Gasteiger partial charge on any atom is -0.445 e. The first-order valence-electron chi connectivity index (χ1n) is 17.1. The Labute approximate surface area is 316 Å². The average Bonchev–Trinajstić information content (AvgIpc) is 3.64.